The Bertz CT molecular complexity index is 1580. The van der Waals surface area contributed by atoms with Crippen LogP contribution in [0.4, 0.5) is 0 Å². The predicted octanol–water partition coefficient (Wildman–Crippen LogP) is 4.68. The fourth-order valence-corrected chi connectivity index (χ4v) is 6.71. The molecule has 9 atom stereocenters. The lowest BCUT2D eigenvalue weighted by molar-refractivity contribution is -0.144. The Morgan fingerprint density at radius 3 is 2.48 bits per heavy atom. The molecule has 296 valence electrons. The maximum absolute atomic E-state index is 13.0. The second kappa shape index (κ2) is 19.9. The first-order chi connectivity index (χ1) is 25.6. The number of carbonyl (C=O) groups excluding carboxylic acids is 3. The van der Waals surface area contributed by atoms with Crippen molar-refractivity contribution >= 4 is 29.3 Å². The number of nitrogens with zero attached hydrogens (tertiary/aromatic N) is 1. The summed E-state index contributed by atoms with van der Waals surface area (Å²) in [6.45, 7) is 11.6. The third-order valence-corrected chi connectivity index (χ3v) is 9.95. The van der Waals surface area contributed by atoms with E-state index in [4.69, 9.17) is 28.8 Å². The first-order valence-electron chi connectivity index (χ1n) is 18.8. The molecular formula is C41H56N2O11. The molecule has 0 aliphatic carbocycles. The van der Waals surface area contributed by atoms with Crippen LogP contribution in [0.25, 0.3) is 0 Å². The molecule has 0 bridgehead atoms. The minimum atomic E-state index is -0.855. The van der Waals surface area contributed by atoms with Crippen LogP contribution in [0.2, 0.25) is 0 Å². The average molecular weight is 753 g/mol. The van der Waals surface area contributed by atoms with Gasteiger partial charge in [0.15, 0.2) is 5.78 Å². The number of carbonyl (C=O) groups is 4. The first-order valence-corrected chi connectivity index (χ1v) is 18.8. The van der Waals surface area contributed by atoms with E-state index < -0.39 is 42.0 Å². The number of rotatable bonds is 18. The molecule has 3 aliphatic heterocycles. The standard InChI is InChI=1S/C41H56N2O11/c1-25(9-16-36-26(2)20-35(29(5)53-36)43-38(46)18-11-27(3)52-30(6)44)10-17-37-40(49)41(24-51-41)22-34(54-37)21-32(45)23-42-28(4)31-12-14-33(15-13-31)50-19-7-8-39(47)48/h9-15,17-18,26-27,29,34-37,40,49H,7-8,16,19-24H2,1-6H3,(H,43,46)(H,47,48)/b17-10+,18-11-,25-9+,42-28?/t26-,27-,29+,34+,35+,36-,37+,40+,41+/m0/s1. The molecule has 1 amide bonds. The molecule has 54 heavy (non-hydrogen) atoms. The van der Waals surface area contributed by atoms with E-state index in [2.05, 4.69) is 23.3 Å². The van der Waals surface area contributed by atoms with E-state index in [0.717, 1.165) is 17.6 Å². The Labute approximate surface area is 317 Å². The second-order valence-electron chi connectivity index (χ2n) is 14.7. The number of aliphatic carboxylic acids is 1. The largest absolute Gasteiger partial charge is 0.494 e. The van der Waals surface area contributed by atoms with Crippen molar-refractivity contribution in [2.45, 2.75) is 128 Å². The number of amides is 1. The minimum Gasteiger partial charge on any atom is -0.494 e. The van der Waals surface area contributed by atoms with Crippen molar-refractivity contribution in [2.24, 2.45) is 10.9 Å². The van der Waals surface area contributed by atoms with Gasteiger partial charge in [0.25, 0.3) is 0 Å². The zero-order valence-electron chi connectivity index (χ0n) is 32.2. The lowest BCUT2D eigenvalue weighted by Gasteiger charge is -2.39. The zero-order valence-corrected chi connectivity index (χ0v) is 32.2. The molecule has 3 N–H and O–H groups in total. The van der Waals surface area contributed by atoms with Crippen molar-refractivity contribution in [2.75, 3.05) is 19.8 Å². The van der Waals surface area contributed by atoms with Gasteiger partial charge in [-0.15, -0.1) is 0 Å². The summed E-state index contributed by atoms with van der Waals surface area (Å²) in [7, 11) is 0. The van der Waals surface area contributed by atoms with Crippen LogP contribution in [0.1, 0.15) is 85.6 Å². The molecule has 0 saturated carbocycles. The van der Waals surface area contributed by atoms with Gasteiger partial charge >= 0.3 is 11.9 Å². The molecule has 1 spiro atoms. The monoisotopic (exact) mass is 752 g/mol. The van der Waals surface area contributed by atoms with Gasteiger partial charge in [0.2, 0.25) is 5.91 Å². The third kappa shape index (κ3) is 13.3. The lowest BCUT2D eigenvalue weighted by Crippen LogP contribution is -2.50. The fraction of sp³-hybridized carbons (Fsp3) is 0.585. The SMILES string of the molecule is CC(=O)O[C@@H](C)/C=C\C(=O)N[C@@H]1C[C@H](C)[C@H](C/C=C(C)/C=C/[C@H]2O[C@H](CC(=O)CN=C(C)c3ccc(OCCCC(=O)O)cc3)C[C@@]3(CO3)[C@@H]2O)O[C@@H]1C. The molecule has 0 aromatic heterocycles. The molecule has 3 fully saturated rings. The molecule has 0 radical (unpaired) electrons. The first kappa shape index (κ1) is 42.6. The molecule has 3 aliphatic rings. The van der Waals surface area contributed by atoms with Crippen molar-refractivity contribution in [1.29, 1.82) is 0 Å². The van der Waals surface area contributed by atoms with Crippen LogP contribution < -0.4 is 10.1 Å². The Morgan fingerprint density at radius 2 is 1.81 bits per heavy atom. The van der Waals surface area contributed by atoms with Gasteiger partial charge in [0.05, 0.1) is 44.1 Å². The number of hydrogen-bond donors (Lipinski definition) is 3. The average Bonchev–Trinajstić information content (AvgIpc) is 3.89. The summed E-state index contributed by atoms with van der Waals surface area (Å²) in [5, 5.41) is 22.8. The minimum absolute atomic E-state index is 0.000730. The van der Waals surface area contributed by atoms with Gasteiger partial charge in [0, 0.05) is 38.0 Å². The van der Waals surface area contributed by atoms with E-state index in [1.165, 1.54) is 13.0 Å². The maximum atomic E-state index is 13.0. The summed E-state index contributed by atoms with van der Waals surface area (Å²) in [5.74, 6) is -0.779. The van der Waals surface area contributed by atoms with Gasteiger partial charge in [-0.05, 0) is 88.8 Å². The number of aliphatic hydroxyl groups excluding tert-OH is 1. The highest BCUT2D eigenvalue weighted by Crippen LogP contribution is 2.43. The molecule has 3 saturated heterocycles. The number of hydrogen-bond acceptors (Lipinski definition) is 11. The Balaban J connectivity index is 1.24. The van der Waals surface area contributed by atoms with E-state index in [9.17, 15) is 24.3 Å². The number of aliphatic hydroxyl groups is 1. The molecule has 1 aromatic rings. The zero-order chi connectivity index (χ0) is 39.4. The van der Waals surface area contributed by atoms with Crippen LogP contribution in [-0.4, -0.2) is 108 Å². The lowest BCUT2D eigenvalue weighted by atomic mass is 9.87. The number of benzene rings is 1. The number of aliphatic imine (C=N–C) groups is 1. The smallest absolute Gasteiger partial charge is 0.303 e. The van der Waals surface area contributed by atoms with Crippen LogP contribution >= 0.6 is 0 Å². The topological polar surface area (TPSA) is 183 Å². The van der Waals surface area contributed by atoms with Gasteiger partial charge in [-0.1, -0.05) is 30.7 Å². The number of carboxylic acid groups (broad SMARTS) is 1. The maximum Gasteiger partial charge on any atom is 0.303 e. The number of ether oxygens (including phenoxy) is 5. The van der Waals surface area contributed by atoms with E-state index in [1.807, 2.05) is 45.1 Å². The van der Waals surface area contributed by atoms with Gasteiger partial charge in [-0.3, -0.25) is 24.2 Å². The van der Waals surface area contributed by atoms with E-state index in [0.29, 0.717) is 43.9 Å². The third-order valence-electron chi connectivity index (χ3n) is 9.95. The summed E-state index contributed by atoms with van der Waals surface area (Å²) in [6, 6.07) is 7.13. The van der Waals surface area contributed by atoms with Crippen molar-refractivity contribution in [3.05, 3.63) is 65.8 Å². The fourth-order valence-electron chi connectivity index (χ4n) is 6.71. The van der Waals surface area contributed by atoms with Crippen LogP contribution in [0.3, 0.4) is 0 Å². The van der Waals surface area contributed by atoms with Crippen molar-refractivity contribution in [3.8, 4) is 5.75 Å². The summed E-state index contributed by atoms with van der Waals surface area (Å²) in [6.07, 6.45) is 8.60. The van der Waals surface area contributed by atoms with Crippen LogP contribution in [0.5, 0.6) is 5.75 Å². The van der Waals surface area contributed by atoms with Gasteiger partial charge in [0.1, 0.15) is 29.7 Å². The number of Topliss-reactive ketones (excluding diaryl/α,β-unsaturated/α-hetero) is 1. The number of allylic oxidation sites excluding steroid dienone is 2. The van der Waals surface area contributed by atoms with Gasteiger partial charge in [-0.25, -0.2) is 0 Å². The van der Waals surface area contributed by atoms with Crippen molar-refractivity contribution < 1.29 is 53.1 Å². The summed E-state index contributed by atoms with van der Waals surface area (Å²) in [4.78, 5) is 51.7. The van der Waals surface area contributed by atoms with Gasteiger partial charge in [-0.2, -0.15) is 0 Å². The van der Waals surface area contributed by atoms with Gasteiger partial charge < -0.3 is 39.2 Å². The number of carboxylic acids is 1. The second-order valence-corrected chi connectivity index (χ2v) is 14.7. The molecular weight excluding hydrogens is 696 g/mol. The normalized spacial score (nSPS) is 29.3. The van der Waals surface area contributed by atoms with Crippen LogP contribution in [0.15, 0.2) is 65.2 Å². The summed E-state index contributed by atoms with van der Waals surface area (Å²) >= 11 is 0. The van der Waals surface area contributed by atoms with Crippen molar-refractivity contribution in [1.82, 2.24) is 5.32 Å². The molecule has 13 nitrogen and oxygen atoms in total. The number of epoxide rings is 1. The van der Waals surface area contributed by atoms with Crippen molar-refractivity contribution in [3.63, 3.8) is 0 Å². The summed E-state index contributed by atoms with van der Waals surface area (Å²) < 4.78 is 28.8. The molecule has 3 heterocycles. The van der Waals surface area contributed by atoms with Crippen LogP contribution in [-0.2, 0) is 38.1 Å². The molecule has 4 rings (SSSR count). The molecule has 0 unspecified atom stereocenters. The highest BCUT2D eigenvalue weighted by molar-refractivity contribution is 6.00. The Morgan fingerprint density at radius 1 is 1.09 bits per heavy atom. The highest BCUT2D eigenvalue weighted by atomic mass is 16.6. The number of nitrogens with one attached hydrogen (secondary N) is 1. The molecule has 13 heteroatoms. The van der Waals surface area contributed by atoms with Crippen LogP contribution in [0, 0.1) is 5.92 Å². The Kier molecular flexibility index (Phi) is 15.7. The highest BCUT2D eigenvalue weighted by Gasteiger charge is 2.58. The van der Waals surface area contributed by atoms with E-state index in [1.54, 1.807) is 25.1 Å². The quantitative estimate of drug-likeness (QED) is 0.0473. The number of esters is 1. The predicted molar refractivity (Wildman–Crippen MR) is 201 cm³/mol. The number of ketones is 1. The van der Waals surface area contributed by atoms with E-state index >= 15 is 0 Å². The summed E-state index contributed by atoms with van der Waals surface area (Å²) in [5.41, 5.74) is 1.82. The van der Waals surface area contributed by atoms with E-state index in [-0.39, 0.29) is 55.2 Å². The Hall–Kier alpha value is -4.17. The molecule has 1 aromatic carbocycles.